The third kappa shape index (κ3) is 2.20. The number of hydrogen-bond acceptors (Lipinski definition) is 3. The standard InChI is InChI=1S/C11H11F2N3O/c1-2-16-6-7(5-15-16)17-11-9(14)4-3-8(12)10(11)13/h3-6H,2,14H2,1H3. The molecule has 0 spiro atoms. The van der Waals surface area contributed by atoms with Crippen LogP contribution in [0.2, 0.25) is 0 Å². The van der Waals surface area contributed by atoms with E-state index in [-0.39, 0.29) is 11.4 Å². The Morgan fingerprint density at radius 2 is 2.18 bits per heavy atom. The zero-order chi connectivity index (χ0) is 12.4. The first-order valence-electron chi connectivity index (χ1n) is 5.05. The van der Waals surface area contributed by atoms with Crippen LogP contribution >= 0.6 is 0 Å². The van der Waals surface area contributed by atoms with Crippen molar-refractivity contribution in [2.24, 2.45) is 0 Å². The molecule has 0 saturated carbocycles. The summed E-state index contributed by atoms with van der Waals surface area (Å²) in [5.41, 5.74) is 5.55. The van der Waals surface area contributed by atoms with Crippen LogP contribution in [0.15, 0.2) is 24.5 Å². The number of aryl methyl sites for hydroxylation is 1. The summed E-state index contributed by atoms with van der Waals surface area (Å²) in [5, 5.41) is 3.95. The highest BCUT2D eigenvalue weighted by Crippen LogP contribution is 2.31. The molecular formula is C11H11F2N3O. The first-order chi connectivity index (χ1) is 8.11. The average Bonchev–Trinajstić information content (AvgIpc) is 2.77. The van der Waals surface area contributed by atoms with Crippen molar-refractivity contribution in [2.45, 2.75) is 13.5 Å². The van der Waals surface area contributed by atoms with Gasteiger partial charge in [-0.3, -0.25) is 4.68 Å². The fourth-order valence-corrected chi connectivity index (χ4v) is 1.34. The number of halogens is 2. The van der Waals surface area contributed by atoms with Crippen LogP contribution in [0.4, 0.5) is 14.5 Å². The van der Waals surface area contributed by atoms with Gasteiger partial charge in [-0.05, 0) is 19.1 Å². The molecule has 0 saturated heterocycles. The van der Waals surface area contributed by atoms with E-state index in [1.165, 1.54) is 12.3 Å². The fraction of sp³-hybridized carbons (Fsp3) is 0.182. The number of rotatable bonds is 3. The number of benzene rings is 1. The second kappa shape index (κ2) is 4.40. The molecule has 0 aliphatic carbocycles. The van der Waals surface area contributed by atoms with Gasteiger partial charge in [-0.15, -0.1) is 0 Å². The predicted octanol–water partition coefficient (Wildman–Crippen LogP) is 2.56. The number of ether oxygens (including phenoxy) is 1. The molecule has 0 fully saturated rings. The molecule has 0 amide bonds. The van der Waals surface area contributed by atoms with Gasteiger partial charge in [0.05, 0.1) is 18.1 Å². The molecule has 1 aromatic heterocycles. The molecule has 0 aliphatic heterocycles. The normalized spacial score (nSPS) is 10.5. The van der Waals surface area contributed by atoms with Crippen molar-refractivity contribution < 1.29 is 13.5 Å². The van der Waals surface area contributed by atoms with Gasteiger partial charge in [-0.25, -0.2) is 4.39 Å². The summed E-state index contributed by atoms with van der Waals surface area (Å²) in [4.78, 5) is 0. The Kier molecular flexibility index (Phi) is 2.95. The summed E-state index contributed by atoms with van der Waals surface area (Å²) in [5.74, 6) is -2.12. The van der Waals surface area contributed by atoms with Crippen LogP contribution in [0.1, 0.15) is 6.92 Å². The first-order valence-corrected chi connectivity index (χ1v) is 5.05. The van der Waals surface area contributed by atoms with E-state index in [4.69, 9.17) is 10.5 Å². The number of nitrogens with two attached hydrogens (primary N) is 1. The Morgan fingerprint density at radius 3 is 2.82 bits per heavy atom. The topological polar surface area (TPSA) is 53.1 Å². The number of hydrogen-bond donors (Lipinski definition) is 1. The highest BCUT2D eigenvalue weighted by atomic mass is 19.2. The lowest BCUT2D eigenvalue weighted by molar-refractivity contribution is 0.418. The van der Waals surface area contributed by atoms with Crippen LogP contribution in [0.5, 0.6) is 11.5 Å². The number of anilines is 1. The number of aromatic nitrogens is 2. The fourth-order valence-electron chi connectivity index (χ4n) is 1.34. The van der Waals surface area contributed by atoms with Crippen LogP contribution in [-0.4, -0.2) is 9.78 Å². The lowest BCUT2D eigenvalue weighted by Gasteiger charge is -2.07. The van der Waals surface area contributed by atoms with E-state index in [0.717, 1.165) is 6.07 Å². The van der Waals surface area contributed by atoms with Gasteiger partial charge in [0.25, 0.3) is 0 Å². The van der Waals surface area contributed by atoms with E-state index < -0.39 is 11.6 Å². The maximum Gasteiger partial charge on any atom is 0.203 e. The van der Waals surface area contributed by atoms with E-state index in [1.807, 2.05) is 6.92 Å². The summed E-state index contributed by atoms with van der Waals surface area (Å²) < 4.78 is 33.2. The summed E-state index contributed by atoms with van der Waals surface area (Å²) in [6.45, 7) is 2.55. The van der Waals surface area contributed by atoms with Crippen LogP contribution in [0, 0.1) is 11.6 Å². The van der Waals surface area contributed by atoms with E-state index >= 15 is 0 Å². The molecule has 0 bridgehead atoms. The lowest BCUT2D eigenvalue weighted by atomic mass is 10.3. The molecule has 17 heavy (non-hydrogen) atoms. The monoisotopic (exact) mass is 239 g/mol. The molecule has 0 aliphatic rings. The van der Waals surface area contributed by atoms with Crippen molar-refractivity contribution in [2.75, 3.05) is 5.73 Å². The van der Waals surface area contributed by atoms with Crippen LogP contribution < -0.4 is 10.5 Å². The van der Waals surface area contributed by atoms with Gasteiger partial charge in [0, 0.05) is 6.54 Å². The van der Waals surface area contributed by atoms with Gasteiger partial charge in [-0.2, -0.15) is 9.49 Å². The van der Waals surface area contributed by atoms with Crippen molar-refractivity contribution in [3.63, 3.8) is 0 Å². The molecule has 1 aromatic carbocycles. The van der Waals surface area contributed by atoms with Gasteiger partial charge in [0.15, 0.2) is 17.3 Å². The molecule has 90 valence electrons. The van der Waals surface area contributed by atoms with Crippen molar-refractivity contribution in [1.29, 1.82) is 0 Å². The van der Waals surface area contributed by atoms with E-state index in [2.05, 4.69) is 5.10 Å². The minimum absolute atomic E-state index is 0.0353. The molecule has 4 nitrogen and oxygen atoms in total. The highest BCUT2D eigenvalue weighted by Gasteiger charge is 2.14. The predicted molar refractivity (Wildman–Crippen MR) is 58.7 cm³/mol. The summed E-state index contributed by atoms with van der Waals surface area (Å²) >= 11 is 0. The largest absolute Gasteiger partial charge is 0.449 e. The molecule has 2 rings (SSSR count). The molecule has 0 atom stereocenters. The van der Waals surface area contributed by atoms with E-state index in [1.54, 1.807) is 10.9 Å². The molecule has 6 heteroatoms. The minimum Gasteiger partial charge on any atom is -0.449 e. The summed E-state index contributed by atoms with van der Waals surface area (Å²) in [6, 6.07) is 2.20. The third-order valence-corrected chi connectivity index (χ3v) is 2.23. The molecular weight excluding hydrogens is 228 g/mol. The van der Waals surface area contributed by atoms with Crippen molar-refractivity contribution in [1.82, 2.24) is 9.78 Å². The Bertz CT molecular complexity index is 540. The van der Waals surface area contributed by atoms with Gasteiger partial charge < -0.3 is 10.5 Å². The number of nitrogen functional groups attached to an aromatic ring is 1. The molecule has 2 aromatic rings. The quantitative estimate of drug-likeness (QED) is 0.837. The molecule has 2 N–H and O–H groups in total. The van der Waals surface area contributed by atoms with E-state index in [0.29, 0.717) is 12.3 Å². The Hall–Kier alpha value is -2.11. The van der Waals surface area contributed by atoms with Crippen molar-refractivity contribution >= 4 is 5.69 Å². The van der Waals surface area contributed by atoms with Gasteiger partial charge >= 0.3 is 0 Å². The van der Waals surface area contributed by atoms with Crippen LogP contribution in [0.3, 0.4) is 0 Å². The van der Waals surface area contributed by atoms with Gasteiger partial charge in [0.2, 0.25) is 5.82 Å². The van der Waals surface area contributed by atoms with Gasteiger partial charge in [0.1, 0.15) is 0 Å². The maximum atomic E-state index is 13.4. The lowest BCUT2D eigenvalue weighted by Crippen LogP contribution is -1.97. The average molecular weight is 239 g/mol. The zero-order valence-electron chi connectivity index (χ0n) is 9.15. The molecule has 0 radical (unpaired) electrons. The Labute approximate surface area is 96.6 Å². The highest BCUT2D eigenvalue weighted by molar-refractivity contribution is 5.54. The smallest absolute Gasteiger partial charge is 0.203 e. The minimum atomic E-state index is -1.10. The van der Waals surface area contributed by atoms with Crippen molar-refractivity contribution in [3.05, 3.63) is 36.2 Å². The zero-order valence-corrected chi connectivity index (χ0v) is 9.15. The summed E-state index contributed by atoms with van der Waals surface area (Å²) in [6.07, 6.45) is 2.98. The van der Waals surface area contributed by atoms with Gasteiger partial charge in [-0.1, -0.05) is 0 Å². The maximum absolute atomic E-state index is 13.4. The van der Waals surface area contributed by atoms with Crippen LogP contribution in [0.25, 0.3) is 0 Å². The SMILES string of the molecule is CCn1cc(Oc2c(N)ccc(F)c2F)cn1. The first kappa shape index (κ1) is 11.4. The summed E-state index contributed by atoms with van der Waals surface area (Å²) in [7, 11) is 0. The Balaban J connectivity index is 2.32. The molecule has 1 heterocycles. The van der Waals surface area contributed by atoms with Crippen LogP contribution in [-0.2, 0) is 6.54 Å². The second-order valence-corrected chi connectivity index (χ2v) is 3.41. The second-order valence-electron chi connectivity index (χ2n) is 3.41. The molecule has 0 unspecified atom stereocenters. The number of nitrogens with zero attached hydrogens (tertiary/aromatic N) is 2. The van der Waals surface area contributed by atoms with E-state index in [9.17, 15) is 8.78 Å². The Morgan fingerprint density at radius 1 is 1.41 bits per heavy atom. The third-order valence-electron chi connectivity index (χ3n) is 2.23. The van der Waals surface area contributed by atoms with Crippen molar-refractivity contribution in [3.8, 4) is 11.5 Å².